The number of hydrogen-bond donors (Lipinski definition) is 0. The van der Waals surface area contributed by atoms with Gasteiger partial charge in [-0.15, -0.1) is 0 Å². The predicted molar refractivity (Wildman–Crippen MR) is 85.7 cm³/mol. The molecule has 0 radical (unpaired) electrons. The number of carbonyl (C=O) groups is 2. The molecule has 0 spiro atoms. The summed E-state index contributed by atoms with van der Waals surface area (Å²) < 4.78 is 10.2. The molecule has 0 amide bonds. The number of esters is 2. The summed E-state index contributed by atoms with van der Waals surface area (Å²) in [5.41, 5.74) is 0.913. The smallest absolute Gasteiger partial charge is 0.324 e. The second-order valence-corrected chi connectivity index (χ2v) is 6.28. The first-order valence-corrected chi connectivity index (χ1v) is 8.07. The molecule has 0 N–H and O–H groups in total. The van der Waals surface area contributed by atoms with Gasteiger partial charge in [0.25, 0.3) is 0 Å². The van der Waals surface area contributed by atoms with E-state index in [0.717, 1.165) is 24.8 Å². The van der Waals surface area contributed by atoms with E-state index in [1.165, 1.54) is 19.8 Å². The lowest BCUT2D eigenvalue weighted by Crippen LogP contribution is -2.48. The minimum Gasteiger partial charge on any atom is -0.468 e. The average Bonchev–Trinajstić information content (AvgIpc) is 2.97. The van der Waals surface area contributed by atoms with E-state index in [-0.39, 0.29) is 11.8 Å². The van der Waals surface area contributed by atoms with Gasteiger partial charge in [0.2, 0.25) is 0 Å². The Hall–Kier alpha value is -2.10. The Labute approximate surface area is 136 Å². The average molecular weight is 314 g/mol. The summed E-state index contributed by atoms with van der Waals surface area (Å²) in [6, 6.07) is 9.76. The van der Waals surface area contributed by atoms with E-state index >= 15 is 0 Å². The minimum absolute atomic E-state index is 0.124. The quantitative estimate of drug-likeness (QED) is 0.488. The van der Waals surface area contributed by atoms with Crippen LogP contribution in [0.1, 0.15) is 37.2 Å². The van der Waals surface area contributed by atoms with Crippen molar-refractivity contribution in [2.75, 3.05) is 14.2 Å². The summed E-state index contributed by atoms with van der Waals surface area (Å²) in [6.07, 6.45) is 5.70. The number of benzene rings is 1. The molecule has 4 heteroatoms. The molecular weight excluding hydrogens is 292 g/mol. The zero-order valence-corrected chi connectivity index (χ0v) is 13.6. The van der Waals surface area contributed by atoms with Gasteiger partial charge in [-0.2, -0.15) is 0 Å². The van der Waals surface area contributed by atoms with Crippen molar-refractivity contribution in [2.45, 2.75) is 31.6 Å². The molecule has 122 valence electrons. The molecule has 1 saturated carbocycles. The third-order valence-corrected chi connectivity index (χ3v) is 5.34. The molecular formula is C19H22O4. The Balaban J connectivity index is 2.19. The highest BCUT2D eigenvalue weighted by Gasteiger charge is 2.64. The van der Waals surface area contributed by atoms with Gasteiger partial charge in [0.05, 0.1) is 14.2 Å². The van der Waals surface area contributed by atoms with Gasteiger partial charge in [0, 0.05) is 11.8 Å². The van der Waals surface area contributed by atoms with Crippen molar-refractivity contribution in [3.05, 3.63) is 47.5 Å². The third-order valence-electron chi connectivity index (χ3n) is 5.34. The van der Waals surface area contributed by atoms with Gasteiger partial charge in [-0.3, -0.25) is 9.59 Å². The van der Waals surface area contributed by atoms with Gasteiger partial charge in [-0.1, -0.05) is 42.0 Å². The molecule has 0 aromatic heterocycles. The number of carbonyl (C=O) groups excluding carboxylic acids is 2. The minimum atomic E-state index is -1.27. The highest BCUT2D eigenvalue weighted by atomic mass is 16.5. The summed E-state index contributed by atoms with van der Waals surface area (Å²) in [7, 11) is 2.69. The van der Waals surface area contributed by atoms with Crippen LogP contribution in [0.25, 0.3) is 0 Å². The fourth-order valence-corrected chi connectivity index (χ4v) is 4.38. The lowest BCUT2D eigenvalue weighted by atomic mass is 9.67. The van der Waals surface area contributed by atoms with Gasteiger partial charge in [0.15, 0.2) is 5.41 Å². The highest BCUT2D eigenvalue weighted by Crippen LogP contribution is 2.59. The zero-order chi connectivity index (χ0) is 16.4. The van der Waals surface area contributed by atoms with Crippen molar-refractivity contribution in [1.82, 2.24) is 0 Å². The SMILES string of the molecule is COC(=O)C1(C(=O)OC)C2CCCC=C2CC1c1ccccc1. The summed E-state index contributed by atoms with van der Waals surface area (Å²) in [4.78, 5) is 25.6. The lowest BCUT2D eigenvalue weighted by Gasteiger charge is -2.35. The fourth-order valence-electron chi connectivity index (χ4n) is 4.38. The van der Waals surface area contributed by atoms with Crippen LogP contribution in [0.4, 0.5) is 0 Å². The number of methoxy groups -OCH3 is 2. The number of ether oxygens (including phenoxy) is 2. The molecule has 1 fully saturated rings. The summed E-state index contributed by atoms with van der Waals surface area (Å²) in [5.74, 6) is -1.32. The third kappa shape index (κ3) is 2.28. The van der Waals surface area contributed by atoms with Crippen molar-refractivity contribution in [3.8, 4) is 0 Å². The van der Waals surface area contributed by atoms with Crippen LogP contribution in [-0.2, 0) is 19.1 Å². The van der Waals surface area contributed by atoms with E-state index in [2.05, 4.69) is 6.08 Å². The molecule has 2 aliphatic rings. The first-order chi connectivity index (χ1) is 11.2. The molecule has 2 aliphatic carbocycles. The van der Waals surface area contributed by atoms with E-state index in [1.807, 2.05) is 30.3 Å². The fraction of sp³-hybridized carbons (Fsp3) is 0.474. The summed E-state index contributed by atoms with van der Waals surface area (Å²) in [5, 5.41) is 0. The Morgan fingerprint density at radius 1 is 1.04 bits per heavy atom. The van der Waals surface area contributed by atoms with E-state index in [0.29, 0.717) is 6.42 Å². The molecule has 0 saturated heterocycles. The topological polar surface area (TPSA) is 52.6 Å². The largest absolute Gasteiger partial charge is 0.468 e. The van der Waals surface area contributed by atoms with Gasteiger partial charge in [0.1, 0.15) is 0 Å². The molecule has 0 aliphatic heterocycles. The molecule has 1 aromatic rings. The first-order valence-electron chi connectivity index (χ1n) is 8.07. The summed E-state index contributed by atoms with van der Waals surface area (Å²) in [6.45, 7) is 0. The monoisotopic (exact) mass is 314 g/mol. The molecule has 3 rings (SSSR count). The van der Waals surface area contributed by atoms with Crippen LogP contribution in [-0.4, -0.2) is 26.2 Å². The molecule has 1 aromatic carbocycles. The zero-order valence-electron chi connectivity index (χ0n) is 13.6. The number of rotatable bonds is 3. The van der Waals surface area contributed by atoms with Crippen LogP contribution < -0.4 is 0 Å². The van der Waals surface area contributed by atoms with Crippen LogP contribution in [0.2, 0.25) is 0 Å². The second-order valence-electron chi connectivity index (χ2n) is 6.28. The normalized spacial score (nSPS) is 25.2. The molecule has 23 heavy (non-hydrogen) atoms. The van der Waals surface area contributed by atoms with Gasteiger partial charge in [-0.05, 0) is 31.2 Å². The number of hydrogen-bond acceptors (Lipinski definition) is 4. The van der Waals surface area contributed by atoms with E-state index in [1.54, 1.807) is 0 Å². The van der Waals surface area contributed by atoms with E-state index in [9.17, 15) is 9.59 Å². The molecule has 4 nitrogen and oxygen atoms in total. The van der Waals surface area contributed by atoms with Crippen LogP contribution in [0, 0.1) is 11.3 Å². The van der Waals surface area contributed by atoms with Crippen molar-refractivity contribution in [1.29, 1.82) is 0 Å². The molecule has 0 bridgehead atoms. The van der Waals surface area contributed by atoms with E-state index in [4.69, 9.17) is 9.47 Å². The standard InChI is InChI=1S/C19H22O4/c1-22-17(20)19(18(21)23-2)15-11-7-6-10-14(15)12-16(19)13-8-4-3-5-9-13/h3-5,8-10,15-16H,6-7,11-12H2,1-2H3. The van der Waals surface area contributed by atoms with Crippen molar-refractivity contribution in [2.24, 2.45) is 11.3 Å². The van der Waals surface area contributed by atoms with Crippen LogP contribution in [0.5, 0.6) is 0 Å². The Bertz CT molecular complexity index is 616. The Morgan fingerprint density at radius 2 is 1.70 bits per heavy atom. The Kier molecular flexibility index (Phi) is 4.24. The van der Waals surface area contributed by atoms with Gasteiger partial charge in [-0.25, -0.2) is 0 Å². The number of allylic oxidation sites excluding steroid dienone is 2. The van der Waals surface area contributed by atoms with Gasteiger partial charge < -0.3 is 9.47 Å². The lowest BCUT2D eigenvalue weighted by molar-refractivity contribution is -0.173. The predicted octanol–water partition coefficient (Wildman–Crippen LogP) is 3.23. The highest BCUT2D eigenvalue weighted by molar-refractivity contribution is 6.03. The van der Waals surface area contributed by atoms with Crippen LogP contribution in [0.3, 0.4) is 0 Å². The van der Waals surface area contributed by atoms with Crippen molar-refractivity contribution >= 4 is 11.9 Å². The maximum atomic E-state index is 12.8. The second kappa shape index (κ2) is 6.19. The van der Waals surface area contributed by atoms with Crippen molar-refractivity contribution in [3.63, 3.8) is 0 Å². The first kappa shape index (κ1) is 15.8. The summed E-state index contributed by atoms with van der Waals surface area (Å²) >= 11 is 0. The maximum Gasteiger partial charge on any atom is 0.324 e. The van der Waals surface area contributed by atoms with Crippen LogP contribution >= 0.6 is 0 Å². The number of fused-ring (bicyclic) bond motifs is 1. The Morgan fingerprint density at radius 3 is 2.30 bits per heavy atom. The van der Waals surface area contributed by atoms with Gasteiger partial charge >= 0.3 is 11.9 Å². The molecule has 0 heterocycles. The molecule has 2 unspecified atom stereocenters. The van der Waals surface area contributed by atoms with Crippen LogP contribution in [0.15, 0.2) is 42.0 Å². The van der Waals surface area contributed by atoms with E-state index < -0.39 is 17.4 Å². The maximum absolute atomic E-state index is 12.8. The molecule has 2 atom stereocenters. The van der Waals surface area contributed by atoms with Crippen molar-refractivity contribution < 1.29 is 19.1 Å².